The summed E-state index contributed by atoms with van der Waals surface area (Å²) < 4.78 is 44.2. The summed E-state index contributed by atoms with van der Waals surface area (Å²) in [6, 6.07) is 4.83. The minimum atomic E-state index is -4.16. The van der Waals surface area contributed by atoms with Crippen molar-refractivity contribution in [3.8, 4) is 0 Å². The summed E-state index contributed by atoms with van der Waals surface area (Å²) in [4.78, 5) is 16.2. The maximum Gasteiger partial charge on any atom is 0.389 e. The van der Waals surface area contributed by atoms with Crippen LogP contribution < -0.4 is 15.5 Å². The van der Waals surface area contributed by atoms with Crippen LogP contribution in [0.1, 0.15) is 24.1 Å². The van der Waals surface area contributed by atoms with Gasteiger partial charge < -0.3 is 20.3 Å². The van der Waals surface area contributed by atoms with Gasteiger partial charge in [-0.2, -0.15) is 23.3 Å². The molecule has 3 aromatic heterocycles. The maximum atomic E-state index is 12.3. The van der Waals surface area contributed by atoms with E-state index in [1.165, 1.54) is 0 Å². The number of nitrogens with zero attached hydrogens (tertiary/aromatic N) is 6. The molecule has 0 aromatic carbocycles. The summed E-state index contributed by atoms with van der Waals surface area (Å²) in [6.07, 6.45) is -3.34. The third-order valence-corrected chi connectivity index (χ3v) is 6.02. The number of aryl methyl sites for hydroxylation is 2. The normalized spacial score (nSPS) is 19.6. The van der Waals surface area contributed by atoms with E-state index in [0.29, 0.717) is 41.7 Å². The van der Waals surface area contributed by atoms with E-state index in [9.17, 15) is 13.2 Å². The van der Waals surface area contributed by atoms with E-state index in [1.807, 2.05) is 26.0 Å². The van der Waals surface area contributed by atoms with Gasteiger partial charge in [-0.15, -0.1) is 0 Å². The minimum Gasteiger partial charge on any atom is -0.380 e. The van der Waals surface area contributed by atoms with E-state index in [2.05, 4.69) is 25.6 Å². The van der Waals surface area contributed by atoms with E-state index >= 15 is 0 Å². The minimum absolute atomic E-state index is 0.0436. The Morgan fingerprint density at radius 2 is 1.97 bits per heavy atom. The van der Waals surface area contributed by atoms with Gasteiger partial charge in [-0.25, -0.2) is 9.97 Å². The van der Waals surface area contributed by atoms with E-state index in [1.54, 1.807) is 10.9 Å². The number of rotatable bonds is 9. The van der Waals surface area contributed by atoms with Gasteiger partial charge in [0.05, 0.1) is 18.8 Å². The standard InChI is InChI=1S/C22H27F3N8O/c1-13-4-6-26-17(10-13)28-20-19-18(29-21(30-20)32-11-15-16(12-32)27-15)14(2)31-33(19)7-9-34-8-3-5-22(23,24)25/h4,6,10,15-16,27H,3,5,7-9,11-12H2,1-2H3,(H,26,28,29,30)/t15-,16?/m1/s1. The Kier molecular flexibility index (Phi) is 6.02. The summed E-state index contributed by atoms with van der Waals surface area (Å²) in [7, 11) is 0. The lowest BCUT2D eigenvalue weighted by Crippen LogP contribution is -2.29. The number of fused-ring (bicyclic) bond motifs is 2. The molecule has 0 spiro atoms. The van der Waals surface area contributed by atoms with Crippen molar-refractivity contribution >= 4 is 28.6 Å². The highest BCUT2D eigenvalue weighted by molar-refractivity contribution is 5.90. The van der Waals surface area contributed by atoms with Gasteiger partial charge in [0.2, 0.25) is 5.95 Å². The first-order chi connectivity index (χ1) is 16.3. The Bertz CT molecular complexity index is 1170. The fraction of sp³-hybridized carbons (Fsp3) is 0.545. The van der Waals surface area contributed by atoms with Gasteiger partial charge in [-0.05, 0) is 38.0 Å². The zero-order chi connectivity index (χ0) is 23.9. The SMILES string of the molecule is Cc1ccnc(Nc2nc(N3CC4N[C@@H]4C3)nc3c(C)nn(CCOCCCC(F)(F)F)c23)c1. The molecular formula is C22H27F3N8O. The number of anilines is 3. The van der Waals surface area contributed by atoms with Gasteiger partial charge in [-0.1, -0.05) is 0 Å². The average Bonchev–Trinajstić information content (AvgIpc) is 3.24. The maximum absolute atomic E-state index is 12.3. The second-order valence-corrected chi connectivity index (χ2v) is 8.84. The number of pyridine rings is 1. The quantitative estimate of drug-likeness (QED) is 0.359. The Morgan fingerprint density at radius 1 is 1.18 bits per heavy atom. The van der Waals surface area contributed by atoms with Crippen molar-refractivity contribution in [1.82, 2.24) is 30.0 Å². The van der Waals surface area contributed by atoms with Crippen molar-refractivity contribution in [3.63, 3.8) is 0 Å². The van der Waals surface area contributed by atoms with Gasteiger partial charge in [-0.3, -0.25) is 4.68 Å². The Hall–Kier alpha value is -2.99. The molecule has 2 fully saturated rings. The third-order valence-electron chi connectivity index (χ3n) is 6.02. The topological polar surface area (TPSA) is 103 Å². The third kappa shape index (κ3) is 5.07. The van der Waals surface area contributed by atoms with Gasteiger partial charge in [0.1, 0.15) is 16.9 Å². The summed E-state index contributed by atoms with van der Waals surface area (Å²) in [5.41, 5.74) is 3.25. The number of aromatic nitrogens is 5. The number of halogens is 3. The lowest BCUT2D eigenvalue weighted by atomic mass is 10.3. The van der Waals surface area contributed by atoms with E-state index in [4.69, 9.17) is 14.7 Å². The molecule has 2 saturated heterocycles. The molecular weight excluding hydrogens is 449 g/mol. The summed E-state index contributed by atoms with van der Waals surface area (Å²) >= 11 is 0. The van der Waals surface area contributed by atoms with Crippen LogP contribution >= 0.6 is 0 Å². The zero-order valence-electron chi connectivity index (χ0n) is 19.1. The Balaban J connectivity index is 1.39. The largest absolute Gasteiger partial charge is 0.389 e. The number of hydrogen-bond donors (Lipinski definition) is 2. The summed E-state index contributed by atoms with van der Waals surface area (Å²) in [5, 5.41) is 11.4. The van der Waals surface area contributed by atoms with Crippen molar-refractivity contribution in [3.05, 3.63) is 29.6 Å². The predicted octanol–water partition coefficient (Wildman–Crippen LogP) is 3.10. The smallest absolute Gasteiger partial charge is 0.380 e. The van der Waals surface area contributed by atoms with Crippen LogP contribution in [-0.2, 0) is 11.3 Å². The molecule has 12 heteroatoms. The van der Waals surface area contributed by atoms with Crippen molar-refractivity contribution in [1.29, 1.82) is 0 Å². The van der Waals surface area contributed by atoms with Gasteiger partial charge in [0.15, 0.2) is 5.82 Å². The molecule has 0 radical (unpaired) electrons. The summed E-state index contributed by atoms with van der Waals surface area (Å²) in [6.45, 7) is 6.24. The monoisotopic (exact) mass is 476 g/mol. The molecule has 0 bridgehead atoms. The molecule has 1 unspecified atom stereocenters. The molecule has 5 heterocycles. The fourth-order valence-corrected chi connectivity index (χ4v) is 4.25. The first kappa shape index (κ1) is 22.8. The van der Waals surface area contributed by atoms with Crippen LogP contribution in [0.3, 0.4) is 0 Å². The van der Waals surface area contributed by atoms with Crippen LogP contribution in [-0.4, -0.2) is 69.3 Å². The van der Waals surface area contributed by atoms with E-state index in [0.717, 1.165) is 29.9 Å². The highest BCUT2D eigenvalue weighted by atomic mass is 19.4. The highest BCUT2D eigenvalue weighted by Gasteiger charge is 2.45. The molecule has 182 valence electrons. The van der Waals surface area contributed by atoms with Crippen LogP contribution in [0.25, 0.3) is 11.0 Å². The highest BCUT2D eigenvalue weighted by Crippen LogP contribution is 2.31. The van der Waals surface area contributed by atoms with Crippen LogP contribution in [0.2, 0.25) is 0 Å². The van der Waals surface area contributed by atoms with Crippen LogP contribution in [0, 0.1) is 13.8 Å². The van der Waals surface area contributed by atoms with Gasteiger partial charge >= 0.3 is 6.18 Å². The second-order valence-electron chi connectivity index (χ2n) is 8.84. The van der Waals surface area contributed by atoms with Crippen LogP contribution in [0.5, 0.6) is 0 Å². The Labute approximate surface area is 194 Å². The van der Waals surface area contributed by atoms with Gasteiger partial charge in [0.25, 0.3) is 0 Å². The van der Waals surface area contributed by atoms with Crippen molar-refractivity contribution in [2.24, 2.45) is 0 Å². The molecule has 3 aromatic rings. The molecule has 0 aliphatic carbocycles. The summed E-state index contributed by atoms with van der Waals surface area (Å²) in [5.74, 6) is 1.89. The number of piperazine rings is 1. The number of ether oxygens (including phenoxy) is 1. The lowest BCUT2D eigenvalue weighted by molar-refractivity contribution is -0.137. The molecule has 0 saturated carbocycles. The predicted molar refractivity (Wildman–Crippen MR) is 121 cm³/mol. The first-order valence-corrected chi connectivity index (χ1v) is 11.4. The zero-order valence-corrected chi connectivity index (χ0v) is 19.1. The van der Waals surface area contributed by atoms with Crippen molar-refractivity contribution in [2.75, 3.05) is 36.5 Å². The molecule has 5 rings (SSSR count). The first-order valence-electron chi connectivity index (χ1n) is 11.4. The Morgan fingerprint density at radius 3 is 2.71 bits per heavy atom. The van der Waals surface area contributed by atoms with Crippen LogP contribution in [0.15, 0.2) is 18.3 Å². The van der Waals surface area contributed by atoms with E-state index in [-0.39, 0.29) is 19.6 Å². The molecule has 2 N–H and O–H groups in total. The number of hydrogen-bond acceptors (Lipinski definition) is 8. The van der Waals surface area contributed by atoms with Crippen LogP contribution in [0.4, 0.5) is 30.8 Å². The molecule has 9 nitrogen and oxygen atoms in total. The molecule has 34 heavy (non-hydrogen) atoms. The average molecular weight is 477 g/mol. The van der Waals surface area contributed by atoms with Crippen molar-refractivity contribution < 1.29 is 17.9 Å². The molecule has 2 aliphatic rings. The molecule has 0 amide bonds. The molecule has 2 atom stereocenters. The second kappa shape index (κ2) is 8.99. The fourth-order valence-electron chi connectivity index (χ4n) is 4.25. The number of alkyl halides is 3. The van der Waals surface area contributed by atoms with Gasteiger partial charge in [0, 0.05) is 44.4 Å². The van der Waals surface area contributed by atoms with Crippen molar-refractivity contribution in [2.45, 2.75) is 51.5 Å². The number of nitrogens with one attached hydrogen (secondary N) is 2. The molecule has 2 aliphatic heterocycles. The van der Waals surface area contributed by atoms with E-state index < -0.39 is 12.6 Å². The lowest BCUT2D eigenvalue weighted by Gasteiger charge is -2.19.